The van der Waals surface area contributed by atoms with Crippen LogP contribution in [0.5, 0.6) is 0 Å². The van der Waals surface area contributed by atoms with Crippen LogP contribution in [0.15, 0.2) is 25.3 Å². The molecule has 0 spiro atoms. The van der Waals surface area contributed by atoms with Crippen LogP contribution in [0, 0.1) is 0 Å². The molecule has 0 heterocycles. The van der Waals surface area contributed by atoms with Gasteiger partial charge in [-0.3, -0.25) is 9.05 Å². The Labute approximate surface area is 113 Å². The van der Waals surface area contributed by atoms with Crippen LogP contribution < -0.4 is 0 Å². The first kappa shape index (κ1) is 18.7. The van der Waals surface area contributed by atoms with E-state index in [4.69, 9.17) is 9.05 Å². The van der Waals surface area contributed by atoms with Crippen LogP contribution in [0.2, 0.25) is 0 Å². The van der Waals surface area contributed by atoms with Crippen molar-refractivity contribution >= 4 is 15.6 Å². The lowest BCUT2D eigenvalue weighted by Gasteiger charge is -2.27. The lowest BCUT2D eigenvalue weighted by Crippen LogP contribution is -2.21. The summed E-state index contributed by atoms with van der Waals surface area (Å²) in [5.74, 6) is 0. The molecule has 9 heteroatoms. The van der Waals surface area contributed by atoms with Crippen LogP contribution in [0.1, 0.15) is 27.7 Å². The summed E-state index contributed by atoms with van der Waals surface area (Å²) >= 11 is 0. The van der Waals surface area contributed by atoms with Gasteiger partial charge in [0.1, 0.15) is 0 Å². The summed E-state index contributed by atoms with van der Waals surface area (Å²) in [6.07, 6.45) is 2.49. The van der Waals surface area contributed by atoms with Gasteiger partial charge in [-0.05, 0) is 27.7 Å². The molecule has 0 saturated carbocycles. The van der Waals surface area contributed by atoms with Crippen LogP contribution in [0.4, 0.5) is 0 Å². The summed E-state index contributed by atoms with van der Waals surface area (Å²) in [4.78, 5) is 18.8. The van der Waals surface area contributed by atoms with E-state index in [9.17, 15) is 18.9 Å². The highest BCUT2D eigenvalue weighted by atomic mass is 31.3. The van der Waals surface area contributed by atoms with Gasteiger partial charge in [0.25, 0.3) is 0 Å². The highest BCUT2D eigenvalue weighted by molar-refractivity contribution is 7.61. The molecule has 7 nitrogen and oxygen atoms in total. The van der Waals surface area contributed by atoms with Crippen molar-refractivity contribution in [3.63, 3.8) is 0 Å². The largest absolute Gasteiger partial charge is 0.481 e. The van der Waals surface area contributed by atoms with Gasteiger partial charge in [-0.15, -0.1) is 13.2 Å². The maximum absolute atomic E-state index is 11.6. The van der Waals surface area contributed by atoms with Gasteiger partial charge >= 0.3 is 15.6 Å². The Morgan fingerprint density at radius 2 is 1.16 bits per heavy atom. The van der Waals surface area contributed by atoms with E-state index in [1.54, 1.807) is 0 Å². The Morgan fingerprint density at radius 3 is 1.37 bits per heavy atom. The summed E-state index contributed by atoms with van der Waals surface area (Å²) in [5, 5.41) is 0. The van der Waals surface area contributed by atoms with Gasteiger partial charge in [-0.25, -0.2) is 9.13 Å². The molecule has 0 aromatic carbocycles. The molecule has 0 aliphatic rings. The van der Waals surface area contributed by atoms with Crippen molar-refractivity contribution < 1.29 is 32.3 Å². The van der Waals surface area contributed by atoms with Crippen LogP contribution in [-0.2, 0) is 22.5 Å². The number of rotatable bonds is 8. The molecule has 2 unspecified atom stereocenters. The molecule has 0 saturated heterocycles. The standard InChI is InChI=1S/C10H20O7P2/c1-7-9(3,4)15-18(11,12)17-19(13,14)16-10(5,6)8-2/h7-8H,1-2H2,3-6H3,(H,11,12)(H,13,14). The number of hydrogen-bond donors (Lipinski definition) is 2. The van der Waals surface area contributed by atoms with Gasteiger partial charge in [-0.2, -0.15) is 4.31 Å². The topological polar surface area (TPSA) is 102 Å². The minimum absolute atomic E-state index is 1.21. The average molecular weight is 314 g/mol. The number of phosphoric acid groups is 2. The Balaban J connectivity index is 4.92. The van der Waals surface area contributed by atoms with Crippen molar-refractivity contribution in [2.24, 2.45) is 0 Å². The second-order valence-corrected chi connectivity index (χ2v) is 7.71. The number of phosphoric ester groups is 2. The molecule has 0 aromatic rings. The lowest BCUT2D eigenvalue weighted by atomic mass is 10.1. The molecule has 0 aliphatic heterocycles. The molecular weight excluding hydrogens is 294 g/mol. The first-order valence-corrected chi connectivity index (χ1v) is 8.29. The van der Waals surface area contributed by atoms with Crippen molar-refractivity contribution in [2.75, 3.05) is 0 Å². The first-order valence-electron chi connectivity index (χ1n) is 5.30. The fraction of sp³-hybridized carbons (Fsp3) is 0.600. The second-order valence-electron chi connectivity index (χ2n) is 4.82. The van der Waals surface area contributed by atoms with Crippen molar-refractivity contribution in [3.05, 3.63) is 25.3 Å². The van der Waals surface area contributed by atoms with Gasteiger partial charge in [0.15, 0.2) is 0 Å². The van der Waals surface area contributed by atoms with Crippen molar-refractivity contribution in [1.82, 2.24) is 0 Å². The third-order valence-electron chi connectivity index (χ3n) is 1.89. The molecule has 0 rings (SSSR count). The molecule has 0 amide bonds. The second kappa shape index (κ2) is 6.02. The van der Waals surface area contributed by atoms with Crippen molar-refractivity contribution in [3.8, 4) is 0 Å². The summed E-state index contributed by atoms with van der Waals surface area (Å²) < 4.78 is 36.8. The Hall–Kier alpha value is -0.260. The van der Waals surface area contributed by atoms with E-state index in [-0.39, 0.29) is 0 Å². The van der Waals surface area contributed by atoms with Crippen molar-refractivity contribution in [2.45, 2.75) is 38.9 Å². The molecule has 0 aromatic heterocycles. The maximum atomic E-state index is 11.6. The average Bonchev–Trinajstić information content (AvgIpc) is 2.12. The van der Waals surface area contributed by atoms with Gasteiger partial charge in [-0.1, -0.05) is 12.2 Å². The zero-order valence-corrected chi connectivity index (χ0v) is 13.2. The Bertz CT molecular complexity index is 401. The molecule has 2 atom stereocenters. The fourth-order valence-electron chi connectivity index (χ4n) is 0.833. The molecule has 0 fully saturated rings. The predicted molar refractivity (Wildman–Crippen MR) is 71.5 cm³/mol. The molecule has 19 heavy (non-hydrogen) atoms. The monoisotopic (exact) mass is 314 g/mol. The van der Waals surface area contributed by atoms with E-state index in [1.165, 1.54) is 39.8 Å². The lowest BCUT2D eigenvalue weighted by molar-refractivity contribution is 0.0735. The Morgan fingerprint density at radius 1 is 0.895 bits per heavy atom. The third-order valence-corrected chi connectivity index (χ3v) is 4.94. The van der Waals surface area contributed by atoms with Crippen LogP contribution >= 0.6 is 15.6 Å². The van der Waals surface area contributed by atoms with Gasteiger partial charge < -0.3 is 9.79 Å². The van der Waals surface area contributed by atoms with E-state index in [0.717, 1.165) is 0 Å². The molecule has 0 aliphatic carbocycles. The maximum Gasteiger partial charge on any atom is 0.481 e. The van der Waals surface area contributed by atoms with Gasteiger partial charge in [0.2, 0.25) is 0 Å². The summed E-state index contributed by atoms with van der Waals surface area (Å²) in [7, 11) is -9.58. The summed E-state index contributed by atoms with van der Waals surface area (Å²) in [6.45, 7) is 12.5. The van der Waals surface area contributed by atoms with Crippen molar-refractivity contribution in [1.29, 1.82) is 0 Å². The van der Waals surface area contributed by atoms with E-state index < -0.39 is 26.8 Å². The van der Waals surface area contributed by atoms with E-state index in [1.807, 2.05) is 0 Å². The van der Waals surface area contributed by atoms with E-state index >= 15 is 0 Å². The quantitative estimate of drug-likeness (QED) is 0.524. The first-order chi connectivity index (χ1) is 8.24. The van der Waals surface area contributed by atoms with Gasteiger partial charge in [0, 0.05) is 0 Å². The zero-order valence-electron chi connectivity index (χ0n) is 11.4. The van der Waals surface area contributed by atoms with Crippen LogP contribution in [0.3, 0.4) is 0 Å². The van der Waals surface area contributed by atoms with Crippen LogP contribution in [0.25, 0.3) is 0 Å². The highest BCUT2D eigenvalue weighted by Gasteiger charge is 2.41. The minimum Gasteiger partial charge on any atom is -0.302 e. The predicted octanol–water partition coefficient (Wildman–Crippen LogP) is 3.17. The molecular formula is C10H20O7P2. The molecule has 0 radical (unpaired) electrons. The molecule has 0 bridgehead atoms. The fourth-order valence-corrected chi connectivity index (χ4v) is 3.48. The third kappa shape index (κ3) is 7.80. The molecule has 112 valence electrons. The SMILES string of the molecule is C=CC(C)(C)OP(=O)(O)OP(=O)(O)OC(C)(C)C=C. The highest BCUT2D eigenvalue weighted by Crippen LogP contribution is 2.63. The summed E-state index contributed by atoms with van der Waals surface area (Å²) in [6, 6.07) is 0. The minimum atomic E-state index is -4.79. The Kier molecular flexibility index (Phi) is 5.94. The van der Waals surface area contributed by atoms with Crippen LogP contribution in [-0.4, -0.2) is 21.0 Å². The number of hydrogen-bond acceptors (Lipinski definition) is 5. The summed E-state index contributed by atoms with van der Waals surface area (Å²) in [5.41, 5.74) is -2.42. The smallest absolute Gasteiger partial charge is 0.302 e. The normalized spacial score (nSPS) is 19.3. The van der Waals surface area contributed by atoms with E-state index in [2.05, 4.69) is 17.5 Å². The molecule has 2 N–H and O–H groups in total. The van der Waals surface area contributed by atoms with Gasteiger partial charge in [0.05, 0.1) is 11.2 Å². The zero-order chi connectivity index (χ0) is 15.5. The van der Waals surface area contributed by atoms with E-state index in [0.29, 0.717) is 0 Å².